The van der Waals surface area contributed by atoms with E-state index in [0.717, 1.165) is 23.3 Å². The molecule has 0 aliphatic heterocycles. The van der Waals surface area contributed by atoms with Crippen LogP contribution in [0, 0.1) is 5.41 Å². The number of nitrogens with two attached hydrogens (primary N) is 1. The van der Waals surface area contributed by atoms with E-state index in [1.54, 1.807) is 14.2 Å². The Hall–Kier alpha value is -2.17. The van der Waals surface area contributed by atoms with Gasteiger partial charge in [-0.1, -0.05) is 32.0 Å². The molecule has 0 spiro atoms. The van der Waals surface area contributed by atoms with E-state index in [2.05, 4.69) is 25.9 Å². The smallest absolute Gasteiger partial charge is 0.175 e. The van der Waals surface area contributed by atoms with E-state index in [-0.39, 0.29) is 5.41 Å². The monoisotopic (exact) mass is 290 g/mol. The molecule has 0 amide bonds. The van der Waals surface area contributed by atoms with Crippen molar-refractivity contribution in [3.05, 3.63) is 24.0 Å². The standard InChI is InChI=1S/C16H22N2O3/c1-16(2,3)9-13-14(15(17)18-21-13)10-6-7-11(19-4)12(8-10)20-5/h6-8H,9H2,1-5H3,(H2,17,18). The van der Waals surface area contributed by atoms with Gasteiger partial charge in [0, 0.05) is 6.42 Å². The maximum atomic E-state index is 5.98. The molecule has 0 atom stereocenters. The van der Waals surface area contributed by atoms with Gasteiger partial charge < -0.3 is 19.7 Å². The molecule has 1 heterocycles. The maximum Gasteiger partial charge on any atom is 0.175 e. The molecule has 0 fully saturated rings. The highest BCUT2D eigenvalue weighted by atomic mass is 16.5. The lowest BCUT2D eigenvalue weighted by molar-refractivity contribution is 0.322. The molecular weight excluding hydrogens is 268 g/mol. The molecule has 0 radical (unpaired) electrons. The van der Waals surface area contributed by atoms with E-state index in [1.807, 2.05) is 18.2 Å². The van der Waals surface area contributed by atoms with Crippen molar-refractivity contribution in [2.75, 3.05) is 20.0 Å². The second kappa shape index (κ2) is 5.68. The summed E-state index contributed by atoms with van der Waals surface area (Å²) in [5.41, 5.74) is 7.79. The zero-order chi connectivity index (χ0) is 15.6. The first kappa shape index (κ1) is 15.2. The van der Waals surface area contributed by atoms with Crippen molar-refractivity contribution in [3.63, 3.8) is 0 Å². The zero-order valence-electron chi connectivity index (χ0n) is 13.2. The summed E-state index contributed by atoms with van der Waals surface area (Å²) in [6.07, 6.45) is 0.751. The summed E-state index contributed by atoms with van der Waals surface area (Å²) in [5.74, 6) is 2.50. The molecule has 0 bridgehead atoms. The minimum atomic E-state index is 0.0806. The van der Waals surface area contributed by atoms with E-state index in [9.17, 15) is 0 Å². The Balaban J connectivity index is 2.49. The molecule has 2 rings (SSSR count). The molecule has 5 heteroatoms. The molecule has 2 aromatic rings. The number of nitrogen functional groups attached to an aromatic ring is 1. The average Bonchev–Trinajstić information content (AvgIpc) is 2.76. The number of rotatable bonds is 4. The number of aromatic nitrogens is 1. The van der Waals surface area contributed by atoms with Crippen molar-refractivity contribution in [2.24, 2.45) is 5.41 Å². The average molecular weight is 290 g/mol. The van der Waals surface area contributed by atoms with Gasteiger partial charge in [0.1, 0.15) is 5.76 Å². The second-order valence-electron chi connectivity index (χ2n) is 6.17. The number of methoxy groups -OCH3 is 2. The van der Waals surface area contributed by atoms with Crippen LogP contribution in [0.4, 0.5) is 5.82 Å². The number of hydrogen-bond acceptors (Lipinski definition) is 5. The third-order valence-electron chi connectivity index (χ3n) is 3.15. The first-order valence-corrected chi connectivity index (χ1v) is 6.82. The van der Waals surface area contributed by atoms with E-state index in [4.69, 9.17) is 19.7 Å². The van der Waals surface area contributed by atoms with Gasteiger partial charge >= 0.3 is 0 Å². The van der Waals surface area contributed by atoms with Crippen LogP contribution in [-0.2, 0) is 6.42 Å². The Bertz CT molecular complexity index is 627. The molecule has 0 aliphatic carbocycles. The van der Waals surface area contributed by atoms with Crippen LogP contribution in [0.1, 0.15) is 26.5 Å². The molecule has 114 valence electrons. The lowest BCUT2D eigenvalue weighted by Crippen LogP contribution is -2.09. The molecule has 5 nitrogen and oxygen atoms in total. The van der Waals surface area contributed by atoms with Crippen LogP contribution < -0.4 is 15.2 Å². The van der Waals surface area contributed by atoms with Crippen LogP contribution in [0.3, 0.4) is 0 Å². The number of benzene rings is 1. The SMILES string of the molecule is COc1ccc(-c2c(N)noc2CC(C)(C)C)cc1OC. The highest BCUT2D eigenvalue weighted by molar-refractivity contribution is 5.77. The van der Waals surface area contributed by atoms with Crippen molar-refractivity contribution >= 4 is 5.82 Å². The van der Waals surface area contributed by atoms with Crippen molar-refractivity contribution in [1.29, 1.82) is 0 Å². The van der Waals surface area contributed by atoms with Crippen molar-refractivity contribution < 1.29 is 14.0 Å². The topological polar surface area (TPSA) is 70.5 Å². The summed E-state index contributed by atoms with van der Waals surface area (Å²) in [6.45, 7) is 6.43. The molecule has 2 N–H and O–H groups in total. The molecule has 0 unspecified atom stereocenters. The largest absolute Gasteiger partial charge is 0.493 e. The van der Waals surface area contributed by atoms with Gasteiger partial charge in [-0.05, 0) is 23.1 Å². The van der Waals surface area contributed by atoms with Gasteiger partial charge in [-0.2, -0.15) is 0 Å². The van der Waals surface area contributed by atoms with Gasteiger partial charge in [-0.3, -0.25) is 0 Å². The van der Waals surface area contributed by atoms with Crippen LogP contribution in [-0.4, -0.2) is 19.4 Å². The summed E-state index contributed by atoms with van der Waals surface area (Å²) in [7, 11) is 3.21. The molecule has 1 aromatic carbocycles. The molecule has 0 saturated carbocycles. The minimum absolute atomic E-state index is 0.0806. The molecule has 21 heavy (non-hydrogen) atoms. The van der Waals surface area contributed by atoms with Gasteiger partial charge in [0.15, 0.2) is 17.3 Å². The first-order valence-electron chi connectivity index (χ1n) is 6.82. The third kappa shape index (κ3) is 3.29. The summed E-state index contributed by atoms with van der Waals surface area (Å²) in [5, 5.41) is 3.91. The lowest BCUT2D eigenvalue weighted by Gasteiger charge is -2.16. The predicted molar refractivity (Wildman–Crippen MR) is 82.6 cm³/mol. The fraction of sp³-hybridized carbons (Fsp3) is 0.438. The second-order valence-corrected chi connectivity index (χ2v) is 6.17. The van der Waals surface area contributed by atoms with Crippen LogP contribution in [0.2, 0.25) is 0 Å². The summed E-state index contributed by atoms with van der Waals surface area (Å²) in [4.78, 5) is 0. The number of nitrogens with zero attached hydrogens (tertiary/aromatic N) is 1. The highest BCUT2D eigenvalue weighted by Gasteiger charge is 2.22. The van der Waals surface area contributed by atoms with E-state index in [1.165, 1.54) is 0 Å². The fourth-order valence-corrected chi connectivity index (χ4v) is 2.24. The molecule has 1 aromatic heterocycles. The van der Waals surface area contributed by atoms with Gasteiger partial charge in [0.2, 0.25) is 0 Å². The Kier molecular flexibility index (Phi) is 4.11. The van der Waals surface area contributed by atoms with Gasteiger partial charge in [0.05, 0.1) is 19.8 Å². The summed E-state index contributed by atoms with van der Waals surface area (Å²) >= 11 is 0. The van der Waals surface area contributed by atoms with Crippen LogP contribution >= 0.6 is 0 Å². The molecule has 0 aliphatic rings. The van der Waals surface area contributed by atoms with Crippen LogP contribution in [0.25, 0.3) is 11.1 Å². The zero-order valence-corrected chi connectivity index (χ0v) is 13.2. The number of hydrogen-bond donors (Lipinski definition) is 1. The maximum absolute atomic E-state index is 5.98. The Labute approximate surface area is 125 Å². The quantitative estimate of drug-likeness (QED) is 0.932. The number of ether oxygens (including phenoxy) is 2. The molecule has 0 saturated heterocycles. The van der Waals surface area contributed by atoms with Gasteiger partial charge in [-0.25, -0.2) is 0 Å². The van der Waals surface area contributed by atoms with Crippen molar-refractivity contribution in [1.82, 2.24) is 5.16 Å². The van der Waals surface area contributed by atoms with Crippen LogP contribution in [0.15, 0.2) is 22.7 Å². The van der Waals surface area contributed by atoms with E-state index < -0.39 is 0 Å². The summed E-state index contributed by atoms with van der Waals surface area (Å²) < 4.78 is 16.0. The Morgan fingerprint density at radius 2 is 1.81 bits per heavy atom. The van der Waals surface area contributed by atoms with E-state index in [0.29, 0.717) is 17.3 Å². The third-order valence-corrected chi connectivity index (χ3v) is 3.15. The normalized spacial score (nSPS) is 11.5. The van der Waals surface area contributed by atoms with Gasteiger partial charge in [-0.15, -0.1) is 0 Å². The number of anilines is 1. The predicted octanol–water partition coefficient (Wildman–Crippen LogP) is 3.53. The Morgan fingerprint density at radius 1 is 1.14 bits per heavy atom. The minimum Gasteiger partial charge on any atom is -0.493 e. The summed E-state index contributed by atoms with van der Waals surface area (Å²) in [6, 6.07) is 5.66. The molecular formula is C16H22N2O3. The van der Waals surface area contributed by atoms with Crippen molar-refractivity contribution in [2.45, 2.75) is 27.2 Å². The van der Waals surface area contributed by atoms with Crippen molar-refractivity contribution in [3.8, 4) is 22.6 Å². The van der Waals surface area contributed by atoms with E-state index >= 15 is 0 Å². The first-order chi connectivity index (χ1) is 9.85. The lowest BCUT2D eigenvalue weighted by atomic mass is 9.88. The van der Waals surface area contributed by atoms with Crippen LogP contribution in [0.5, 0.6) is 11.5 Å². The highest BCUT2D eigenvalue weighted by Crippen LogP contribution is 2.38. The fourth-order valence-electron chi connectivity index (χ4n) is 2.24. The van der Waals surface area contributed by atoms with Gasteiger partial charge in [0.25, 0.3) is 0 Å². The Morgan fingerprint density at radius 3 is 2.38 bits per heavy atom.